The van der Waals surface area contributed by atoms with Crippen molar-refractivity contribution in [3.05, 3.63) is 40.9 Å². The number of anilines is 1. The molecule has 0 radical (unpaired) electrons. The van der Waals surface area contributed by atoms with Gasteiger partial charge in [-0.2, -0.15) is 0 Å². The van der Waals surface area contributed by atoms with Crippen molar-refractivity contribution < 1.29 is 9.84 Å². The lowest BCUT2D eigenvalue weighted by Gasteiger charge is -2.32. The summed E-state index contributed by atoms with van der Waals surface area (Å²) in [6, 6.07) is 8.22. The quantitative estimate of drug-likeness (QED) is 0.919. The van der Waals surface area contributed by atoms with Crippen LogP contribution in [0.5, 0.6) is 5.75 Å². The average molecular weight is 318 g/mol. The lowest BCUT2D eigenvalue weighted by molar-refractivity contribution is 0.228. The number of hydrogen-bond acceptors (Lipinski definition) is 5. The second kappa shape index (κ2) is 7.11. The Morgan fingerprint density at radius 2 is 2.18 bits per heavy atom. The summed E-state index contributed by atoms with van der Waals surface area (Å²) in [5.41, 5.74) is 2.01. The molecule has 1 fully saturated rings. The second-order valence-corrected chi connectivity index (χ2v) is 6.69. The van der Waals surface area contributed by atoms with Crippen LogP contribution >= 0.6 is 11.3 Å². The number of benzene rings is 1. The van der Waals surface area contributed by atoms with E-state index in [2.05, 4.69) is 28.9 Å². The molecule has 0 spiro atoms. The molecule has 0 unspecified atom stereocenters. The van der Waals surface area contributed by atoms with Crippen molar-refractivity contribution in [3.63, 3.8) is 0 Å². The fourth-order valence-corrected chi connectivity index (χ4v) is 3.59. The normalized spacial score (nSPS) is 18.5. The van der Waals surface area contributed by atoms with Crippen molar-refractivity contribution in [1.82, 2.24) is 4.98 Å². The molecule has 2 aromatic rings. The minimum absolute atomic E-state index is 0.0182. The summed E-state index contributed by atoms with van der Waals surface area (Å²) in [5, 5.41) is 12.1. The molecule has 1 aromatic carbocycles. The van der Waals surface area contributed by atoms with E-state index in [4.69, 9.17) is 9.84 Å². The van der Waals surface area contributed by atoms with Crippen LogP contribution in [0.4, 0.5) is 5.13 Å². The van der Waals surface area contributed by atoms with E-state index in [0.717, 1.165) is 42.7 Å². The average Bonchev–Trinajstić information content (AvgIpc) is 3.04. The van der Waals surface area contributed by atoms with Gasteiger partial charge >= 0.3 is 0 Å². The molecule has 1 saturated heterocycles. The van der Waals surface area contributed by atoms with Crippen LogP contribution in [0.1, 0.15) is 24.1 Å². The number of thiazole rings is 1. The first kappa shape index (κ1) is 15.3. The van der Waals surface area contributed by atoms with E-state index >= 15 is 0 Å². The minimum atomic E-state index is 0.0182. The number of nitrogens with zero attached hydrogens (tertiary/aromatic N) is 2. The molecule has 2 heterocycles. The van der Waals surface area contributed by atoms with Crippen molar-refractivity contribution in [2.45, 2.75) is 26.4 Å². The number of aryl methyl sites for hydroxylation is 1. The lowest BCUT2D eigenvalue weighted by Crippen LogP contribution is -2.37. The third-order valence-corrected chi connectivity index (χ3v) is 4.95. The zero-order valence-electron chi connectivity index (χ0n) is 12.9. The summed E-state index contributed by atoms with van der Waals surface area (Å²) < 4.78 is 5.93. The van der Waals surface area contributed by atoms with Gasteiger partial charge in [0.15, 0.2) is 5.13 Å². The maximum Gasteiger partial charge on any atom is 0.185 e. The standard InChI is InChI=1S/C17H22N2O2S/c1-13-4-6-16(7-5-13)21-11-14-3-2-8-19(9-14)17-18-15(10-20)12-22-17/h4-7,12,14,20H,2-3,8-11H2,1H3/t14-/m1/s1. The van der Waals surface area contributed by atoms with E-state index in [0.29, 0.717) is 5.92 Å². The van der Waals surface area contributed by atoms with Gasteiger partial charge in [0.1, 0.15) is 5.75 Å². The first-order valence-electron chi connectivity index (χ1n) is 7.74. The Bertz CT molecular complexity index is 597. The van der Waals surface area contributed by atoms with Crippen LogP contribution in [0.25, 0.3) is 0 Å². The Kier molecular flexibility index (Phi) is 4.95. The molecule has 1 aromatic heterocycles. The molecule has 1 aliphatic rings. The third kappa shape index (κ3) is 3.78. The van der Waals surface area contributed by atoms with Gasteiger partial charge in [0, 0.05) is 24.4 Å². The topological polar surface area (TPSA) is 45.6 Å². The fraction of sp³-hybridized carbons (Fsp3) is 0.471. The van der Waals surface area contributed by atoms with Crippen LogP contribution < -0.4 is 9.64 Å². The van der Waals surface area contributed by atoms with Crippen LogP contribution in [0, 0.1) is 12.8 Å². The molecular weight excluding hydrogens is 296 g/mol. The predicted octanol–water partition coefficient (Wildman–Crippen LogP) is 3.24. The number of rotatable bonds is 5. The van der Waals surface area contributed by atoms with E-state index in [1.54, 1.807) is 11.3 Å². The van der Waals surface area contributed by atoms with Crippen LogP contribution in [0.2, 0.25) is 0 Å². The molecule has 0 aliphatic carbocycles. The maximum atomic E-state index is 9.14. The van der Waals surface area contributed by atoms with E-state index in [9.17, 15) is 0 Å². The SMILES string of the molecule is Cc1ccc(OC[C@@H]2CCCN(c3nc(CO)cs3)C2)cc1. The minimum Gasteiger partial charge on any atom is -0.493 e. The number of aromatic nitrogens is 1. The Hall–Kier alpha value is -1.59. The van der Waals surface area contributed by atoms with Crippen LogP contribution in [-0.4, -0.2) is 29.8 Å². The van der Waals surface area contributed by atoms with Crippen LogP contribution in [0.15, 0.2) is 29.6 Å². The molecule has 118 valence electrons. The van der Waals surface area contributed by atoms with Gasteiger partial charge < -0.3 is 14.7 Å². The summed E-state index contributed by atoms with van der Waals surface area (Å²) >= 11 is 1.61. The van der Waals surface area contributed by atoms with Crippen LogP contribution in [0.3, 0.4) is 0 Å². The van der Waals surface area contributed by atoms with E-state index < -0.39 is 0 Å². The van der Waals surface area contributed by atoms with E-state index in [-0.39, 0.29) is 6.61 Å². The van der Waals surface area contributed by atoms with Crippen molar-refractivity contribution in [2.75, 3.05) is 24.6 Å². The highest BCUT2D eigenvalue weighted by Gasteiger charge is 2.22. The summed E-state index contributed by atoms with van der Waals surface area (Å²) in [6.07, 6.45) is 2.36. The fourth-order valence-electron chi connectivity index (χ4n) is 2.74. The molecular formula is C17H22N2O2S. The predicted molar refractivity (Wildman–Crippen MR) is 89.6 cm³/mol. The number of hydrogen-bond donors (Lipinski definition) is 1. The van der Waals surface area contributed by atoms with Gasteiger partial charge in [0.25, 0.3) is 0 Å². The largest absolute Gasteiger partial charge is 0.493 e. The highest BCUT2D eigenvalue weighted by atomic mass is 32.1. The zero-order valence-corrected chi connectivity index (χ0v) is 13.7. The maximum absolute atomic E-state index is 9.14. The smallest absolute Gasteiger partial charge is 0.185 e. The first-order valence-corrected chi connectivity index (χ1v) is 8.62. The summed E-state index contributed by atoms with van der Waals surface area (Å²) in [7, 11) is 0. The van der Waals surface area contributed by atoms with Crippen LogP contribution in [-0.2, 0) is 6.61 Å². The number of aliphatic hydroxyl groups excluding tert-OH is 1. The van der Waals surface area contributed by atoms with Gasteiger partial charge in [-0.15, -0.1) is 11.3 Å². The van der Waals surface area contributed by atoms with Gasteiger partial charge in [0.05, 0.1) is 18.9 Å². The van der Waals surface area contributed by atoms with E-state index in [1.165, 1.54) is 12.0 Å². The van der Waals surface area contributed by atoms with Gasteiger partial charge in [-0.05, 0) is 31.9 Å². The molecule has 0 bridgehead atoms. The molecule has 1 aliphatic heterocycles. The Labute approximate surface area is 135 Å². The van der Waals surface area contributed by atoms with Crippen molar-refractivity contribution in [1.29, 1.82) is 0 Å². The third-order valence-electron chi connectivity index (χ3n) is 4.00. The molecule has 5 heteroatoms. The Balaban J connectivity index is 1.55. The zero-order chi connectivity index (χ0) is 15.4. The molecule has 4 nitrogen and oxygen atoms in total. The summed E-state index contributed by atoms with van der Waals surface area (Å²) in [4.78, 5) is 6.78. The monoisotopic (exact) mass is 318 g/mol. The molecule has 0 amide bonds. The second-order valence-electron chi connectivity index (χ2n) is 5.86. The molecule has 3 rings (SSSR count). The van der Waals surface area contributed by atoms with Gasteiger partial charge in [-0.3, -0.25) is 0 Å². The van der Waals surface area contributed by atoms with Crippen molar-refractivity contribution >= 4 is 16.5 Å². The Morgan fingerprint density at radius 3 is 2.91 bits per heavy atom. The molecule has 1 atom stereocenters. The first-order chi connectivity index (χ1) is 10.7. The Morgan fingerprint density at radius 1 is 1.36 bits per heavy atom. The van der Waals surface area contributed by atoms with Gasteiger partial charge in [-0.1, -0.05) is 17.7 Å². The summed E-state index contributed by atoms with van der Waals surface area (Å²) in [6.45, 7) is 4.86. The van der Waals surface area contributed by atoms with Gasteiger partial charge in [-0.25, -0.2) is 4.98 Å². The molecule has 0 saturated carbocycles. The van der Waals surface area contributed by atoms with Crippen molar-refractivity contribution in [3.8, 4) is 5.75 Å². The molecule has 22 heavy (non-hydrogen) atoms. The van der Waals surface area contributed by atoms with Gasteiger partial charge in [0.2, 0.25) is 0 Å². The van der Waals surface area contributed by atoms with Crippen molar-refractivity contribution in [2.24, 2.45) is 5.92 Å². The lowest BCUT2D eigenvalue weighted by atomic mass is 9.99. The highest BCUT2D eigenvalue weighted by Crippen LogP contribution is 2.27. The molecule has 1 N–H and O–H groups in total. The highest BCUT2D eigenvalue weighted by molar-refractivity contribution is 7.13. The number of ether oxygens (including phenoxy) is 1. The summed E-state index contributed by atoms with van der Waals surface area (Å²) in [5.74, 6) is 1.47. The van der Waals surface area contributed by atoms with E-state index in [1.807, 2.05) is 17.5 Å². The number of piperidine rings is 1. The number of aliphatic hydroxyl groups is 1.